The number of amides is 1. The molecule has 0 atom stereocenters. The molecule has 1 heterocycles. The number of hydrogen-bond donors (Lipinski definition) is 1. The first-order chi connectivity index (χ1) is 6.97. The SMILES string of the molecule is CCN(C)C(=O)c1cc(N)nn1C(C)C. The minimum absolute atomic E-state index is 0.0459. The van der Waals surface area contributed by atoms with E-state index < -0.39 is 0 Å². The average molecular weight is 210 g/mol. The van der Waals surface area contributed by atoms with E-state index in [4.69, 9.17) is 5.73 Å². The van der Waals surface area contributed by atoms with E-state index in [1.54, 1.807) is 22.7 Å². The molecule has 1 aromatic heterocycles. The predicted molar refractivity (Wildman–Crippen MR) is 59.7 cm³/mol. The third-order valence-corrected chi connectivity index (χ3v) is 2.28. The maximum Gasteiger partial charge on any atom is 0.271 e. The van der Waals surface area contributed by atoms with Crippen LogP contribution >= 0.6 is 0 Å². The van der Waals surface area contributed by atoms with Gasteiger partial charge in [0, 0.05) is 25.7 Å². The molecule has 1 rings (SSSR count). The van der Waals surface area contributed by atoms with Gasteiger partial charge in [0.15, 0.2) is 0 Å². The van der Waals surface area contributed by atoms with Crippen LogP contribution in [0, 0.1) is 0 Å². The number of anilines is 1. The third kappa shape index (κ3) is 2.29. The van der Waals surface area contributed by atoms with Gasteiger partial charge in [0.1, 0.15) is 11.5 Å². The number of nitrogens with zero attached hydrogens (tertiary/aromatic N) is 3. The van der Waals surface area contributed by atoms with Gasteiger partial charge in [-0.25, -0.2) is 0 Å². The summed E-state index contributed by atoms with van der Waals surface area (Å²) in [4.78, 5) is 13.6. The molecule has 0 aromatic carbocycles. The molecule has 0 bridgehead atoms. The predicted octanol–water partition coefficient (Wildman–Crippen LogP) is 1.14. The molecule has 5 nitrogen and oxygen atoms in total. The highest BCUT2D eigenvalue weighted by atomic mass is 16.2. The van der Waals surface area contributed by atoms with E-state index in [1.807, 2.05) is 20.8 Å². The van der Waals surface area contributed by atoms with Crippen molar-refractivity contribution in [3.63, 3.8) is 0 Å². The van der Waals surface area contributed by atoms with Gasteiger partial charge in [-0.1, -0.05) is 0 Å². The lowest BCUT2D eigenvalue weighted by Crippen LogP contribution is -2.29. The summed E-state index contributed by atoms with van der Waals surface area (Å²) in [7, 11) is 1.76. The number of carbonyl (C=O) groups excluding carboxylic acids is 1. The van der Waals surface area contributed by atoms with Gasteiger partial charge in [-0.3, -0.25) is 9.48 Å². The largest absolute Gasteiger partial charge is 0.382 e. The summed E-state index contributed by atoms with van der Waals surface area (Å²) >= 11 is 0. The third-order valence-electron chi connectivity index (χ3n) is 2.28. The van der Waals surface area contributed by atoms with Crippen LogP contribution in [-0.2, 0) is 0 Å². The highest BCUT2D eigenvalue weighted by molar-refractivity contribution is 5.93. The van der Waals surface area contributed by atoms with Gasteiger partial charge in [-0.2, -0.15) is 5.10 Å². The van der Waals surface area contributed by atoms with Crippen LogP contribution < -0.4 is 5.73 Å². The van der Waals surface area contributed by atoms with E-state index in [9.17, 15) is 4.79 Å². The Balaban J connectivity index is 3.07. The second kappa shape index (κ2) is 4.33. The molecule has 0 fully saturated rings. The number of rotatable bonds is 3. The van der Waals surface area contributed by atoms with Crippen LogP contribution in [0.4, 0.5) is 5.82 Å². The first-order valence-electron chi connectivity index (χ1n) is 5.07. The minimum Gasteiger partial charge on any atom is -0.382 e. The van der Waals surface area contributed by atoms with Crippen LogP contribution in [0.3, 0.4) is 0 Å². The van der Waals surface area contributed by atoms with E-state index in [1.165, 1.54) is 0 Å². The summed E-state index contributed by atoms with van der Waals surface area (Å²) in [5.74, 6) is 0.340. The molecule has 0 radical (unpaired) electrons. The Hall–Kier alpha value is -1.52. The van der Waals surface area contributed by atoms with Crippen LogP contribution in [0.5, 0.6) is 0 Å². The zero-order chi connectivity index (χ0) is 11.6. The molecule has 0 aliphatic heterocycles. The van der Waals surface area contributed by atoms with E-state index in [-0.39, 0.29) is 11.9 Å². The zero-order valence-electron chi connectivity index (χ0n) is 9.69. The van der Waals surface area contributed by atoms with Gasteiger partial charge in [-0.15, -0.1) is 0 Å². The maximum atomic E-state index is 11.9. The van der Waals surface area contributed by atoms with E-state index >= 15 is 0 Å². The van der Waals surface area contributed by atoms with Gasteiger partial charge in [-0.05, 0) is 20.8 Å². The number of nitrogens with two attached hydrogens (primary N) is 1. The first-order valence-corrected chi connectivity index (χ1v) is 5.07. The highest BCUT2D eigenvalue weighted by Gasteiger charge is 2.18. The lowest BCUT2D eigenvalue weighted by atomic mass is 10.3. The summed E-state index contributed by atoms with van der Waals surface area (Å²) in [6.07, 6.45) is 0. The second-order valence-corrected chi connectivity index (χ2v) is 3.81. The Bertz CT molecular complexity index is 356. The molecule has 1 aromatic rings. The minimum atomic E-state index is -0.0459. The van der Waals surface area contributed by atoms with Gasteiger partial charge in [0.05, 0.1) is 0 Å². The summed E-state index contributed by atoms with van der Waals surface area (Å²) in [6, 6.07) is 1.75. The normalized spacial score (nSPS) is 10.7. The van der Waals surface area contributed by atoms with Gasteiger partial charge in [0.25, 0.3) is 5.91 Å². The molecule has 0 unspecified atom stereocenters. The Kier molecular flexibility index (Phi) is 3.34. The average Bonchev–Trinajstić information content (AvgIpc) is 2.58. The van der Waals surface area contributed by atoms with Crippen molar-refractivity contribution in [3.8, 4) is 0 Å². The molecular formula is C10H18N4O. The molecule has 0 saturated heterocycles. The van der Waals surface area contributed by atoms with Crippen molar-refractivity contribution in [3.05, 3.63) is 11.8 Å². The fraction of sp³-hybridized carbons (Fsp3) is 0.600. The number of carbonyl (C=O) groups is 1. The van der Waals surface area contributed by atoms with Crippen molar-refractivity contribution < 1.29 is 4.79 Å². The summed E-state index contributed by atoms with van der Waals surface area (Å²) in [5.41, 5.74) is 6.14. The van der Waals surface area contributed by atoms with Crippen molar-refractivity contribution in [1.82, 2.24) is 14.7 Å². The zero-order valence-corrected chi connectivity index (χ0v) is 9.69. The molecular weight excluding hydrogens is 192 g/mol. The van der Waals surface area contributed by atoms with Crippen molar-refractivity contribution in [2.75, 3.05) is 19.3 Å². The highest BCUT2D eigenvalue weighted by Crippen LogP contribution is 2.14. The Morgan fingerprint density at radius 3 is 2.73 bits per heavy atom. The lowest BCUT2D eigenvalue weighted by molar-refractivity contribution is 0.0788. The molecule has 0 spiro atoms. The maximum absolute atomic E-state index is 11.9. The van der Waals surface area contributed by atoms with Gasteiger partial charge < -0.3 is 10.6 Å². The number of hydrogen-bond acceptors (Lipinski definition) is 3. The van der Waals surface area contributed by atoms with Gasteiger partial charge >= 0.3 is 0 Å². The fourth-order valence-electron chi connectivity index (χ4n) is 1.31. The van der Waals surface area contributed by atoms with E-state index in [0.29, 0.717) is 18.1 Å². The second-order valence-electron chi connectivity index (χ2n) is 3.81. The summed E-state index contributed by atoms with van der Waals surface area (Å²) in [6.45, 7) is 6.53. The quantitative estimate of drug-likeness (QED) is 0.813. The molecule has 0 saturated carbocycles. The topological polar surface area (TPSA) is 64.2 Å². The number of nitrogen functional groups attached to an aromatic ring is 1. The molecule has 2 N–H and O–H groups in total. The monoisotopic (exact) mass is 210 g/mol. The summed E-state index contributed by atoms with van der Waals surface area (Å²) < 4.78 is 1.66. The van der Waals surface area contributed by atoms with Crippen LogP contribution in [0.15, 0.2) is 6.07 Å². The van der Waals surface area contributed by atoms with Crippen molar-refractivity contribution in [2.24, 2.45) is 0 Å². The molecule has 84 valence electrons. The standard InChI is InChI=1S/C10H18N4O/c1-5-13(4)10(15)8-6-9(11)12-14(8)7(2)3/h6-7H,5H2,1-4H3,(H2,11,12). The fourth-order valence-corrected chi connectivity index (χ4v) is 1.31. The Morgan fingerprint density at radius 1 is 1.67 bits per heavy atom. The molecule has 0 aliphatic carbocycles. The number of aromatic nitrogens is 2. The van der Waals surface area contributed by atoms with Crippen LogP contribution in [-0.4, -0.2) is 34.2 Å². The Morgan fingerprint density at radius 2 is 2.27 bits per heavy atom. The van der Waals surface area contributed by atoms with Crippen molar-refractivity contribution in [1.29, 1.82) is 0 Å². The van der Waals surface area contributed by atoms with Gasteiger partial charge in [0.2, 0.25) is 0 Å². The van der Waals surface area contributed by atoms with Crippen LogP contribution in [0.2, 0.25) is 0 Å². The lowest BCUT2D eigenvalue weighted by Gasteiger charge is -2.16. The van der Waals surface area contributed by atoms with E-state index in [2.05, 4.69) is 5.10 Å². The van der Waals surface area contributed by atoms with Crippen LogP contribution in [0.25, 0.3) is 0 Å². The van der Waals surface area contributed by atoms with Crippen molar-refractivity contribution >= 4 is 11.7 Å². The van der Waals surface area contributed by atoms with Crippen LogP contribution in [0.1, 0.15) is 37.3 Å². The Labute approximate surface area is 89.9 Å². The smallest absolute Gasteiger partial charge is 0.271 e. The molecule has 1 amide bonds. The molecule has 0 aliphatic rings. The first kappa shape index (κ1) is 11.6. The summed E-state index contributed by atoms with van der Waals surface area (Å²) in [5, 5.41) is 4.09. The molecule has 5 heteroatoms. The van der Waals surface area contributed by atoms with E-state index in [0.717, 1.165) is 0 Å². The van der Waals surface area contributed by atoms with Crippen molar-refractivity contribution in [2.45, 2.75) is 26.8 Å². The molecule has 15 heavy (non-hydrogen) atoms.